The van der Waals surface area contributed by atoms with Gasteiger partial charge in [-0.05, 0) is 24.4 Å². The van der Waals surface area contributed by atoms with Crippen LogP contribution in [0.3, 0.4) is 0 Å². The lowest BCUT2D eigenvalue weighted by molar-refractivity contribution is 0.463. The summed E-state index contributed by atoms with van der Waals surface area (Å²) in [4.78, 5) is 0. The summed E-state index contributed by atoms with van der Waals surface area (Å²) in [5, 5.41) is 4.59. The Kier molecular flexibility index (Phi) is 2.68. The van der Waals surface area contributed by atoms with Crippen LogP contribution < -0.4 is 11.1 Å². The average Bonchev–Trinajstić information content (AvgIpc) is 2.53. The Morgan fingerprint density at radius 1 is 1.38 bits per heavy atom. The van der Waals surface area contributed by atoms with Crippen molar-refractivity contribution in [3.63, 3.8) is 0 Å². The quantitative estimate of drug-likeness (QED) is 0.765. The highest BCUT2D eigenvalue weighted by Gasteiger charge is 2.13. The second-order valence-corrected chi connectivity index (χ2v) is 4.40. The van der Waals surface area contributed by atoms with E-state index in [1.54, 1.807) is 0 Å². The third-order valence-corrected chi connectivity index (χ3v) is 3.21. The molecule has 0 aromatic carbocycles. The van der Waals surface area contributed by atoms with Crippen LogP contribution in [0.2, 0.25) is 0 Å². The fraction of sp³-hybridized carbons (Fsp3) is 0.667. The summed E-state index contributed by atoms with van der Waals surface area (Å²) in [5.41, 5.74) is 5.54. The molecular weight excluding hydrogens is 182 g/mol. The standard InChI is InChI=1S/C9H15N3S/c10-8-6-9(13-12-8)11-7-4-2-1-3-5-7/h6-7,11H,1-5H2,(H2,10,12). The molecule has 1 saturated carbocycles. The summed E-state index contributed by atoms with van der Waals surface area (Å²) in [6.07, 6.45) is 6.68. The summed E-state index contributed by atoms with van der Waals surface area (Å²) in [5.74, 6) is 0.628. The van der Waals surface area contributed by atoms with E-state index in [2.05, 4.69) is 9.69 Å². The fourth-order valence-corrected chi connectivity index (χ4v) is 2.45. The van der Waals surface area contributed by atoms with Crippen molar-refractivity contribution in [2.24, 2.45) is 0 Å². The number of nitrogens with one attached hydrogen (secondary N) is 1. The number of hydrogen-bond donors (Lipinski definition) is 2. The third kappa shape index (κ3) is 2.34. The van der Waals surface area contributed by atoms with Gasteiger partial charge >= 0.3 is 0 Å². The van der Waals surface area contributed by atoms with Gasteiger partial charge in [0.15, 0.2) is 0 Å². The molecule has 13 heavy (non-hydrogen) atoms. The van der Waals surface area contributed by atoms with Gasteiger partial charge in [0.2, 0.25) is 0 Å². The van der Waals surface area contributed by atoms with Gasteiger partial charge in [0.25, 0.3) is 0 Å². The van der Waals surface area contributed by atoms with Crippen molar-refractivity contribution < 1.29 is 0 Å². The Hall–Kier alpha value is -0.770. The van der Waals surface area contributed by atoms with Crippen LogP contribution in [0.5, 0.6) is 0 Å². The molecule has 0 bridgehead atoms. The van der Waals surface area contributed by atoms with E-state index in [1.165, 1.54) is 43.6 Å². The molecule has 0 radical (unpaired) electrons. The van der Waals surface area contributed by atoms with Gasteiger partial charge in [-0.1, -0.05) is 19.3 Å². The first-order valence-electron chi connectivity index (χ1n) is 4.83. The summed E-state index contributed by atoms with van der Waals surface area (Å²) in [6.45, 7) is 0. The molecule has 1 aromatic rings. The highest BCUT2D eigenvalue weighted by atomic mass is 32.1. The second kappa shape index (κ2) is 3.96. The van der Waals surface area contributed by atoms with E-state index < -0.39 is 0 Å². The Labute approximate surface area is 82.5 Å². The van der Waals surface area contributed by atoms with E-state index >= 15 is 0 Å². The van der Waals surface area contributed by atoms with E-state index in [1.807, 2.05) is 6.07 Å². The molecular formula is C9H15N3S. The number of nitrogens with two attached hydrogens (primary N) is 1. The van der Waals surface area contributed by atoms with E-state index in [-0.39, 0.29) is 0 Å². The lowest BCUT2D eigenvalue weighted by atomic mass is 9.96. The normalized spacial score (nSPS) is 18.8. The lowest BCUT2D eigenvalue weighted by Gasteiger charge is -2.22. The fourth-order valence-electron chi connectivity index (χ4n) is 1.81. The topological polar surface area (TPSA) is 50.9 Å². The molecule has 1 heterocycles. The van der Waals surface area contributed by atoms with Crippen LogP contribution in [0, 0.1) is 0 Å². The maximum Gasteiger partial charge on any atom is 0.139 e. The minimum absolute atomic E-state index is 0.628. The largest absolute Gasteiger partial charge is 0.383 e. The van der Waals surface area contributed by atoms with Gasteiger partial charge in [0.05, 0.1) is 0 Å². The van der Waals surface area contributed by atoms with E-state index in [0.29, 0.717) is 11.9 Å². The van der Waals surface area contributed by atoms with E-state index in [9.17, 15) is 0 Å². The van der Waals surface area contributed by atoms with Crippen LogP contribution >= 0.6 is 11.5 Å². The van der Waals surface area contributed by atoms with Crippen LogP contribution in [0.4, 0.5) is 10.8 Å². The molecule has 3 nitrogen and oxygen atoms in total. The minimum atomic E-state index is 0.628. The maximum absolute atomic E-state index is 5.54. The molecule has 0 amide bonds. The van der Waals surface area contributed by atoms with Crippen LogP contribution in [0.1, 0.15) is 32.1 Å². The second-order valence-electron chi connectivity index (χ2n) is 3.60. The van der Waals surface area contributed by atoms with Gasteiger partial charge in [0.1, 0.15) is 10.8 Å². The molecule has 1 fully saturated rings. The zero-order chi connectivity index (χ0) is 9.10. The van der Waals surface area contributed by atoms with Gasteiger partial charge in [-0.2, -0.15) is 4.37 Å². The average molecular weight is 197 g/mol. The molecule has 4 heteroatoms. The molecule has 3 N–H and O–H groups in total. The van der Waals surface area contributed by atoms with Gasteiger partial charge in [-0.25, -0.2) is 0 Å². The SMILES string of the molecule is Nc1cc(NC2CCCCC2)sn1. The maximum atomic E-state index is 5.54. The summed E-state index contributed by atoms with van der Waals surface area (Å²) in [7, 11) is 0. The van der Waals surface area contributed by atoms with Crippen LogP contribution in [0.15, 0.2) is 6.07 Å². The van der Waals surface area contributed by atoms with Gasteiger partial charge in [-0.3, -0.25) is 0 Å². The zero-order valence-electron chi connectivity index (χ0n) is 7.62. The Bertz CT molecular complexity index is 266. The number of aromatic nitrogens is 1. The van der Waals surface area contributed by atoms with Crippen molar-refractivity contribution >= 4 is 22.4 Å². The molecule has 2 rings (SSSR count). The minimum Gasteiger partial charge on any atom is -0.383 e. The van der Waals surface area contributed by atoms with Gasteiger partial charge in [-0.15, -0.1) is 0 Å². The molecule has 1 aliphatic carbocycles. The highest BCUT2D eigenvalue weighted by Crippen LogP contribution is 2.24. The van der Waals surface area contributed by atoms with Crippen LogP contribution in [-0.4, -0.2) is 10.4 Å². The number of rotatable bonds is 2. The van der Waals surface area contributed by atoms with Gasteiger partial charge in [0, 0.05) is 12.1 Å². The predicted molar refractivity (Wildman–Crippen MR) is 57.0 cm³/mol. The van der Waals surface area contributed by atoms with E-state index in [0.717, 1.165) is 5.00 Å². The van der Waals surface area contributed by atoms with Crippen molar-refractivity contribution in [1.82, 2.24) is 4.37 Å². The summed E-state index contributed by atoms with van der Waals surface area (Å²) in [6, 6.07) is 2.56. The van der Waals surface area contributed by atoms with Crippen molar-refractivity contribution in [3.05, 3.63) is 6.07 Å². The van der Waals surface area contributed by atoms with Crippen LogP contribution in [-0.2, 0) is 0 Å². The van der Waals surface area contributed by atoms with Crippen LogP contribution in [0.25, 0.3) is 0 Å². The summed E-state index contributed by atoms with van der Waals surface area (Å²) < 4.78 is 4.04. The third-order valence-electron chi connectivity index (χ3n) is 2.48. The molecule has 0 saturated heterocycles. The molecule has 0 aliphatic heterocycles. The zero-order valence-corrected chi connectivity index (χ0v) is 8.44. The molecule has 1 aromatic heterocycles. The van der Waals surface area contributed by atoms with Gasteiger partial charge < -0.3 is 11.1 Å². The number of nitrogens with zero attached hydrogens (tertiary/aromatic N) is 1. The molecule has 1 aliphatic rings. The Balaban J connectivity index is 1.89. The first-order valence-corrected chi connectivity index (χ1v) is 5.60. The number of anilines is 2. The summed E-state index contributed by atoms with van der Waals surface area (Å²) >= 11 is 1.46. The van der Waals surface area contributed by atoms with Crippen molar-refractivity contribution in [1.29, 1.82) is 0 Å². The molecule has 72 valence electrons. The molecule has 0 unspecified atom stereocenters. The molecule has 0 atom stereocenters. The van der Waals surface area contributed by atoms with Crippen molar-refractivity contribution in [2.45, 2.75) is 38.1 Å². The smallest absolute Gasteiger partial charge is 0.139 e. The lowest BCUT2D eigenvalue weighted by Crippen LogP contribution is -2.21. The first kappa shape index (κ1) is 8.81. The Morgan fingerprint density at radius 3 is 2.77 bits per heavy atom. The van der Waals surface area contributed by atoms with Crippen molar-refractivity contribution in [2.75, 3.05) is 11.1 Å². The van der Waals surface area contributed by atoms with Crippen molar-refractivity contribution in [3.8, 4) is 0 Å². The number of hydrogen-bond acceptors (Lipinski definition) is 4. The predicted octanol–water partition coefficient (Wildman–Crippen LogP) is 2.47. The highest BCUT2D eigenvalue weighted by molar-refractivity contribution is 7.10. The molecule has 0 spiro atoms. The van der Waals surface area contributed by atoms with E-state index in [4.69, 9.17) is 5.73 Å². The number of nitrogen functional groups attached to an aromatic ring is 1. The monoisotopic (exact) mass is 197 g/mol. The Morgan fingerprint density at radius 2 is 2.15 bits per heavy atom. The first-order chi connectivity index (χ1) is 6.34.